The number of nitrogens with zero attached hydrogens (tertiary/aromatic N) is 2. The second-order valence-corrected chi connectivity index (χ2v) is 8.41. The number of amides is 1. The summed E-state index contributed by atoms with van der Waals surface area (Å²) in [7, 11) is 5.83. The zero-order valence-corrected chi connectivity index (χ0v) is 21.1. The van der Waals surface area contributed by atoms with E-state index in [-0.39, 0.29) is 0 Å². The fraction of sp³-hybridized carbons (Fsp3) is 0.286. The monoisotopic (exact) mass is 475 g/mol. The number of likely N-dealkylation sites (N-methyl/N-ethyl adjacent to an activating group) is 2. The minimum Gasteiger partial charge on any atom is -0.489 e. The van der Waals surface area contributed by atoms with Crippen molar-refractivity contribution in [1.29, 1.82) is 5.41 Å². The normalized spacial score (nSPS) is 10.2. The van der Waals surface area contributed by atoms with E-state index in [1.54, 1.807) is 18.2 Å². The molecule has 7 nitrogen and oxygen atoms in total. The molecular weight excluding hydrogens is 438 g/mol. The molecule has 3 rings (SSSR count). The van der Waals surface area contributed by atoms with Crippen LogP contribution in [-0.2, 0) is 17.8 Å². The number of hydrogen-bond acceptors (Lipinski definition) is 5. The lowest BCUT2D eigenvalue weighted by molar-refractivity contribution is -0.105. The first-order valence-corrected chi connectivity index (χ1v) is 11.6. The van der Waals surface area contributed by atoms with Crippen molar-refractivity contribution in [2.45, 2.75) is 20.0 Å². The summed E-state index contributed by atoms with van der Waals surface area (Å²) in [6.45, 7) is 4.37. The van der Waals surface area contributed by atoms with Gasteiger partial charge in [0.2, 0.25) is 6.41 Å². The highest BCUT2D eigenvalue weighted by Gasteiger charge is 2.11. The lowest BCUT2D eigenvalue weighted by atomic mass is 10.1. The van der Waals surface area contributed by atoms with Gasteiger partial charge in [0, 0.05) is 37.1 Å². The molecule has 7 heteroatoms. The topological polar surface area (TPSA) is 94.7 Å². The van der Waals surface area contributed by atoms with Crippen LogP contribution in [0.25, 0.3) is 0 Å². The smallest absolute Gasteiger partial charge is 0.211 e. The van der Waals surface area contributed by atoms with Crippen molar-refractivity contribution in [3.8, 4) is 5.75 Å². The number of ether oxygens (including phenoxy) is 1. The molecule has 0 unspecified atom stereocenters. The number of nitrogens with one attached hydrogen (secondary N) is 2. The lowest BCUT2D eigenvalue weighted by Gasteiger charge is -2.23. The minimum absolute atomic E-state index is 0.342. The van der Waals surface area contributed by atoms with E-state index < -0.39 is 0 Å². The quantitative estimate of drug-likeness (QED) is 0.174. The SMILES string of the molecule is CCc1ccc(OCc2ccccc2)cc1.CN(C)CCN(C)C(=N)c1cc(NC=O)ccc1N. The molecule has 0 aromatic heterocycles. The predicted molar refractivity (Wildman–Crippen MR) is 145 cm³/mol. The van der Waals surface area contributed by atoms with E-state index in [4.69, 9.17) is 15.9 Å². The summed E-state index contributed by atoms with van der Waals surface area (Å²) in [6, 6.07) is 23.6. The van der Waals surface area contributed by atoms with Gasteiger partial charge in [-0.15, -0.1) is 0 Å². The lowest BCUT2D eigenvalue weighted by Crippen LogP contribution is -2.33. The van der Waals surface area contributed by atoms with Crippen LogP contribution < -0.4 is 15.8 Å². The van der Waals surface area contributed by atoms with Gasteiger partial charge in [0.15, 0.2) is 0 Å². The first-order valence-electron chi connectivity index (χ1n) is 11.6. The molecular formula is C28H37N5O2. The average molecular weight is 476 g/mol. The molecule has 0 aliphatic rings. The zero-order chi connectivity index (χ0) is 25.6. The molecule has 0 fully saturated rings. The standard InChI is InChI=1S/C15H16O.C13H21N5O/c1-2-13-8-10-15(11-9-13)16-12-14-6-4-3-5-7-14;1-17(2)6-7-18(3)13(15)11-8-10(16-9-19)4-5-12(11)14/h3-11H,2,12H2,1H3;4-5,8-9,15H,6-7,14H2,1-3H3,(H,16,19). The Morgan fingerprint density at radius 2 is 1.66 bits per heavy atom. The molecule has 0 heterocycles. The first kappa shape index (κ1) is 27.4. The maximum absolute atomic E-state index is 10.4. The molecule has 4 N–H and O–H groups in total. The van der Waals surface area contributed by atoms with Gasteiger partial charge in [-0.2, -0.15) is 0 Å². The highest BCUT2D eigenvalue weighted by atomic mass is 16.5. The maximum Gasteiger partial charge on any atom is 0.211 e. The molecule has 0 bridgehead atoms. The molecule has 3 aromatic rings. The minimum atomic E-state index is 0.342. The Hall–Kier alpha value is -3.84. The van der Waals surface area contributed by atoms with Gasteiger partial charge in [-0.3, -0.25) is 10.2 Å². The molecule has 0 radical (unpaired) electrons. The van der Waals surface area contributed by atoms with Gasteiger partial charge in [-0.05, 0) is 62.0 Å². The number of carbonyl (C=O) groups is 1. The Morgan fingerprint density at radius 1 is 0.971 bits per heavy atom. The van der Waals surface area contributed by atoms with Crippen molar-refractivity contribution >= 4 is 23.6 Å². The third-order valence-electron chi connectivity index (χ3n) is 5.38. The van der Waals surface area contributed by atoms with Crippen LogP contribution in [0.15, 0.2) is 72.8 Å². The number of anilines is 2. The summed E-state index contributed by atoms with van der Waals surface area (Å²) >= 11 is 0. The summed E-state index contributed by atoms with van der Waals surface area (Å²) in [5, 5.41) is 10.7. The van der Waals surface area contributed by atoms with Crippen LogP contribution in [0.4, 0.5) is 11.4 Å². The Morgan fingerprint density at radius 3 is 2.26 bits per heavy atom. The molecule has 186 valence electrons. The van der Waals surface area contributed by atoms with E-state index in [1.165, 1.54) is 11.1 Å². The fourth-order valence-corrected chi connectivity index (χ4v) is 3.15. The van der Waals surface area contributed by atoms with Gasteiger partial charge in [-0.25, -0.2) is 0 Å². The fourth-order valence-electron chi connectivity index (χ4n) is 3.15. The first-order chi connectivity index (χ1) is 16.8. The number of hydrogen-bond donors (Lipinski definition) is 3. The summed E-state index contributed by atoms with van der Waals surface area (Å²) in [5.41, 5.74) is 10.2. The van der Waals surface area contributed by atoms with Gasteiger partial charge in [0.1, 0.15) is 18.2 Å². The van der Waals surface area contributed by atoms with Crippen LogP contribution in [0, 0.1) is 5.41 Å². The predicted octanol–water partition coefficient (Wildman–Crippen LogP) is 4.48. The number of amidine groups is 1. The summed E-state index contributed by atoms with van der Waals surface area (Å²) in [5.74, 6) is 1.27. The Bertz CT molecular complexity index is 1050. The number of nitrogen functional groups attached to an aromatic ring is 1. The van der Waals surface area contributed by atoms with Crippen LogP contribution in [0.3, 0.4) is 0 Å². The number of nitrogens with two attached hydrogens (primary N) is 1. The summed E-state index contributed by atoms with van der Waals surface area (Å²) < 4.78 is 5.69. The van der Waals surface area contributed by atoms with E-state index in [0.29, 0.717) is 35.8 Å². The second-order valence-electron chi connectivity index (χ2n) is 8.41. The van der Waals surface area contributed by atoms with Gasteiger partial charge in [-0.1, -0.05) is 49.4 Å². The molecule has 0 spiro atoms. The van der Waals surface area contributed by atoms with Crippen molar-refractivity contribution in [1.82, 2.24) is 9.80 Å². The second kappa shape index (κ2) is 14.4. The molecule has 35 heavy (non-hydrogen) atoms. The van der Waals surface area contributed by atoms with Crippen LogP contribution in [-0.4, -0.2) is 56.3 Å². The number of rotatable bonds is 10. The van der Waals surface area contributed by atoms with Crippen molar-refractivity contribution in [2.24, 2.45) is 0 Å². The molecule has 0 aliphatic heterocycles. The molecule has 0 aliphatic carbocycles. The Labute approximate surface area is 209 Å². The van der Waals surface area contributed by atoms with Crippen molar-refractivity contribution < 1.29 is 9.53 Å². The summed E-state index contributed by atoms with van der Waals surface area (Å²) in [4.78, 5) is 14.3. The zero-order valence-electron chi connectivity index (χ0n) is 21.1. The summed E-state index contributed by atoms with van der Waals surface area (Å²) in [6.07, 6.45) is 1.67. The maximum atomic E-state index is 10.4. The van der Waals surface area contributed by atoms with Crippen molar-refractivity contribution in [2.75, 3.05) is 45.3 Å². The molecule has 1 amide bonds. The highest BCUT2D eigenvalue weighted by molar-refractivity contribution is 6.02. The number of aryl methyl sites for hydroxylation is 1. The highest BCUT2D eigenvalue weighted by Crippen LogP contribution is 2.19. The van der Waals surface area contributed by atoms with Gasteiger partial charge >= 0.3 is 0 Å². The average Bonchev–Trinajstić information content (AvgIpc) is 2.88. The largest absolute Gasteiger partial charge is 0.489 e. The Kier molecular flexibility index (Phi) is 11.3. The van der Waals surface area contributed by atoms with Crippen LogP contribution >= 0.6 is 0 Å². The van der Waals surface area contributed by atoms with Crippen molar-refractivity contribution in [3.63, 3.8) is 0 Å². The van der Waals surface area contributed by atoms with E-state index >= 15 is 0 Å². The third kappa shape index (κ3) is 9.51. The molecule has 0 atom stereocenters. The number of benzene rings is 3. The molecule has 0 saturated carbocycles. The van der Waals surface area contributed by atoms with Gasteiger partial charge in [0.05, 0.1) is 0 Å². The van der Waals surface area contributed by atoms with E-state index in [2.05, 4.69) is 41.4 Å². The van der Waals surface area contributed by atoms with E-state index in [0.717, 1.165) is 25.3 Å². The van der Waals surface area contributed by atoms with Crippen LogP contribution in [0.1, 0.15) is 23.6 Å². The van der Waals surface area contributed by atoms with E-state index in [9.17, 15) is 4.79 Å². The van der Waals surface area contributed by atoms with E-state index in [1.807, 2.05) is 56.4 Å². The van der Waals surface area contributed by atoms with Gasteiger partial charge < -0.3 is 25.6 Å². The van der Waals surface area contributed by atoms with Crippen molar-refractivity contribution in [3.05, 3.63) is 89.5 Å². The molecule has 3 aromatic carbocycles. The Balaban J connectivity index is 0.000000250. The van der Waals surface area contributed by atoms with Crippen LogP contribution in [0.2, 0.25) is 0 Å². The van der Waals surface area contributed by atoms with Gasteiger partial charge in [0.25, 0.3) is 0 Å². The van der Waals surface area contributed by atoms with Crippen LogP contribution in [0.5, 0.6) is 5.75 Å². The third-order valence-corrected chi connectivity index (χ3v) is 5.38. The number of carbonyl (C=O) groups excluding carboxylic acids is 1. The molecule has 0 saturated heterocycles.